The van der Waals surface area contributed by atoms with E-state index < -0.39 is 0 Å². The van der Waals surface area contributed by atoms with Crippen LogP contribution in [-0.2, 0) is 6.54 Å². The van der Waals surface area contributed by atoms with E-state index in [9.17, 15) is 0 Å². The van der Waals surface area contributed by atoms with E-state index in [1.807, 2.05) is 18.2 Å². The average molecular weight is 177 g/mol. The monoisotopic (exact) mass is 177 g/mol. The predicted molar refractivity (Wildman–Crippen MR) is 55.9 cm³/mol. The molecule has 0 bridgehead atoms. The Morgan fingerprint density at radius 3 is 2.46 bits per heavy atom. The molecule has 2 nitrogen and oxygen atoms in total. The largest absolute Gasteiger partial charge is 0.318 e. The highest BCUT2D eigenvalue weighted by atomic mass is 15.2. The van der Waals surface area contributed by atoms with E-state index in [2.05, 4.69) is 24.0 Å². The van der Waals surface area contributed by atoms with E-state index >= 15 is 0 Å². The molecule has 0 spiro atoms. The lowest BCUT2D eigenvalue weighted by molar-refractivity contribution is 0.278. The van der Waals surface area contributed by atoms with Gasteiger partial charge < -0.3 is 5.73 Å². The van der Waals surface area contributed by atoms with Crippen molar-refractivity contribution in [2.45, 2.75) is 13.0 Å². The Labute approximate surface area is 80.4 Å². The summed E-state index contributed by atoms with van der Waals surface area (Å²) < 4.78 is 0. The van der Waals surface area contributed by atoms with Gasteiger partial charge in [-0.2, -0.15) is 0 Å². The van der Waals surface area contributed by atoms with E-state index in [0.717, 1.165) is 19.5 Å². The van der Waals surface area contributed by atoms with E-state index in [1.54, 1.807) is 0 Å². The van der Waals surface area contributed by atoms with Crippen LogP contribution in [-0.4, -0.2) is 18.1 Å². The van der Waals surface area contributed by atoms with Gasteiger partial charge >= 0.3 is 0 Å². The second-order valence-electron chi connectivity index (χ2n) is 3.07. The van der Waals surface area contributed by atoms with Gasteiger partial charge in [-0.15, -0.1) is 0 Å². The minimum Gasteiger partial charge on any atom is -0.318 e. The number of nitrogens with zero attached hydrogens (tertiary/aromatic N) is 1. The molecule has 2 heteroatoms. The summed E-state index contributed by atoms with van der Waals surface area (Å²) in [7, 11) is 0. The molecule has 0 aliphatic heterocycles. The summed E-state index contributed by atoms with van der Waals surface area (Å²) in [6.07, 6.45) is 0.907. The quantitative estimate of drug-likeness (QED) is 0.693. The van der Waals surface area contributed by atoms with Gasteiger partial charge in [-0.1, -0.05) is 37.3 Å². The second-order valence-corrected chi connectivity index (χ2v) is 3.07. The molecule has 1 aromatic rings. The lowest BCUT2D eigenvalue weighted by Crippen LogP contribution is -2.30. The summed E-state index contributed by atoms with van der Waals surface area (Å²) in [5, 5.41) is 0. The van der Waals surface area contributed by atoms with Crippen LogP contribution in [0.15, 0.2) is 30.3 Å². The molecule has 1 rings (SSSR count). The maximum atomic E-state index is 5.60. The van der Waals surface area contributed by atoms with Crippen molar-refractivity contribution in [1.82, 2.24) is 4.90 Å². The number of benzene rings is 1. The molecule has 0 fully saturated rings. The number of hydrogen-bond acceptors (Lipinski definition) is 2. The zero-order chi connectivity index (χ0) is 9.52. The molecule has 0 aromatic heterocycles. The fourth-order valence-electron chi connectivity index (χ4n) is 1.30. The molecule has 1 aromatic carbocycles. The van der Waals surface area contributed by atoms with E-state index in [-0.39, 0.29) is 0 Å². The third-order valence-corrected chi connectivity index (χ3v) is 1.98. The zero-order valence-electron chi connectivity index (χ0n) is 7.95. The van der Waals surface area contributed by atoms with Crippen LogP contribution < -0.4 is 5.73 Å². The first-order valence-corrected chi connectivity index (χ1v) is 4.62. The highest BCUT2D eigenvalue weighted by Crippen LogP contribution is 2.03. The summed E-state index contributed by atoms with van der Waals surface area (Å²) >= 11 is 0. The minimum absolute atomic E-state index is 0.602. The van der Waals surface area contributed by atoms with Crippen molar-refractivity contribution in [2.24, 2.45) is 5.73 Å². The van der Waals surface area contributed by atoms with Gasteiger partial charge in [-0.25, -0.2) is 0 Å². The standard InChI is InChI=1S/C11H17N2/c1-2-8-13(10-12)9-11-6-4-3-5-7-11/h3-7H,1-2,8-10,12H2. The van der Waals surface area contributed by atoms with Gasteiger partial charge in [-0.05, 0) is 18.5 Å². The van der Waals surface area contributed by atoms with E-state index in [4.69, 9.17) is 5.73 Å². The number of rotatable bonds is 5. The Balaban J connectivity index is 2.46. The Morgan fingerprint density at radius 1 is 1.23 bits per heavy atom. The normalized spacial score (nSPS) is 10.7. The van der Waals surface area contributed by atoms with E-state index in [0.29, 0.717) is 6.67 Å². The van der Waals surface area contributed by atoms with Crippen molar-refractivity contribution in [3.05, 3.63) is 42.8 Å². The lowest BCUT2D eigenvalue weighted by Gasteiger charge is -2.18. The SMILES string of the molecule is [CH2]CCN(CN)Cc1ccccc1. The molecule has 71 valence electrons. The molecule has 0 saturated heterocycles. The smallest absolute Gasteiger partial charge is 0.0458 e. The van der Waals surface area contributed by atoms with Gasteiger partial charge in [0.1, 0.15) is 0 Å². The Kier molecular flexibility index (Phi) is 4.50. The second kappa shape index (κ2) is 5.73. The molecule has 1 radical (unpaired) electrons. The summed E-state index contributed by atoms with van der Waals surface area (Å²) in [5.74, 6) is 0. The zero-order valence-corrected chi connectivity index (χ0v) is 7.95. The third-order valence-electron chi connectivity index (χ3n) is 1.98. The van der Waals surface area contributed by atoms with Gasteiger partial charge in [0.15, 0.2) is 0 Å². The predicted octanol–water partition coefficient (Wildman–Crippen LogP) is 1.63. The van der Waals surface area contributed by atoms with Crippen molar-refractivity contribution in [3.63, 3.8) is 0 Å². The molecule has 0 saturated carbocycles. The van der Waals surface area contributed by atoms with Crippen LogP contribution >= 0.6 is 0 Å². The molecule has 0 atom stereocenters. The lowest BCUT2D eigenvalue weighted by atomic mass is 10.2. The van der Waals surface area contributed by atoms with Crippen LogP contribution in [0.2, 0.25) is 0 Å². The van der Waals surface area contributed by atoms with Crippen LogP contribution in [0, 0.1) is 6.92 Å². The Hall–Kier alpha value is -0.860. The maximum Gasteiger partial charge on any atom is 0.0458 e. The van der Waals surface area contributed by atoms with Crippen molar-refractivity contribution in [2.75, 3.05) is 13.2 Å². The number of nitrogens with two attached hydrogens (primary N) is 1. The molecule has 0 heterocycles. The van der Waals surface area contributed by atoms with Gasteiger partial charge in [0.05, 0.1) is 0 Å². The molecule has 0 amide bonds. The molecule has 0 aliphatic carbocycles. The van der Waals surface area contributed by atoms with Crippen molar-refractivity contribution in [3.8, 4) is 0 Å². The van der Waals surface area contributed by atoms with Gasteiger partial charge in [0, 0.05) is 13.2 Å². The minimum atomic E-state index is 0.602. The number of hydrogen-bond donors (Lipinski definition) is 1. The molecular weight excluding hydrogens is 160 g/mol. The summed E-state index contributed by atoms with van der Waals surface area (Å²) in [6, 6.07) is 10.4. The summed E-state index contributed by atoms with van der Waals surface area (Å²) in [4.78, 5) is 2.18. The van der Waals surface area contributed by atoms with Crippen LogP contribution in [0.5, 0.6) is 0 Å². The first kappa shape index (κ1) is 10.2. The van der Waals surface area contributed by atoms with Crippen LogP contribution in [0.1, 0.15) is 12.0 Å². The molecule has 2 N–H and O–H groups in total. The third kappa shape index (κ3) is 3.57. The van der Waals surface area contributed by atoms with Crippen LogP contribution in [0.25, 0.3) is 0 Å². The summed E-state index contributed by atoms with van der Waals surface area (Å²) in [6.45, 7) is 6.31. The molecule has 0 aliphatic rings. The van der Waals surface area contributed by atoms with Gasteiger partial charge in [-0.3, -0.25) is 4.90 Å². The average Bonchev–Trinajstić information content (AvgIpc) is 2.19. The highest BCUT2D eigenvalue weighted by Gasteiger charge is 2.00. The van der Waals surface area contributed by atoms with Crippen LogP contribution in [0.3, 0.4) is 0 Å². The molecular formula is C11H17N2. The Bertz CT molecular complexity index is 221. The fourth-order valence-corrected chi connectivity index (χ4v) is 1.30. The van der Waals surface area contributed by atoms with Gasteiger partial charge in [0.2, 0.25) is 0 Å². The van der Waals surface area contributed by atoms with Crippen LogP contribution in [0.4, 0.5) is 0 Å². The van der Waals surface area contributed by atoms with Crippen molar-refractivity contribution in [1.29, 1.82) is 0 Å². The maximum absolute atomic E-state index is 5.60. The topological polar surface area (TPSA) is 29.3 Å². The fraction of sp³-hybridized carbons (Fsp3) is 0.364. The summed E-state index contributed by atoms with van der Waals surface area (Å²) in [5.41, 5.74) is 6.91. The first-order chi connectivity index (χ1) is 6.36. The first-order valence-electron chi connectivity index (χ1n) is 4.62. The Morgan fingerprint density at radius 2 is 1.92 bits per heavy atom. The molecule has 0 unspecified atom stereocenters. The highest BCUT2D eigenvalue weighted by molar-refractivity contribution is 5.14. The van der Waals surface area contributed by atoms with Crippen molar-refractivity contribution < 1.29 is 0 Å². The van der Waals surface area contributed by atoms with Gasteiger partial charge in [0.25, 0.3) is 0 Å². The molecule has 13 heavy (non-hydrogen) atoms. The van der Waals surface area contributed by atoms with E-state index in [1.165, 1.54) is 5.56 Å². The van der Waals surface area contributed by atoms with Crippen molar-refractivity contribution >= 4 is 0 Å².